The number of carboxylic acid groups (broad SMARTS) is 1. The molecule has 0 radical (unpaired) electrons. The Balaban J connectivity index is 2.75. The van der Waals surface area contributed by atoms with Crippen molar-refractivity contribution in [1.82, 2.24) is 4.98 Å². The van der Waals surface area contributed by atoms with Crippen molar-refractivity contribution < 1.29 is 9.90 Å². The Hall–Kier alpha value is -1.16. The normalized spacial score (nSPS) is 12.1. The lowest BCUT2D eigenvalue weighted by molar-refractivity contribution is -0.132. The van der Waals surface area contributed by atoms with Crippen LogP contribution < -0.4 is 0 Å². The van der Waals surface area contributed by atoms with E-state index in [1.807, 2.05) is 0 Å². The number of H-pyrrole nitrogens is 1. The number of aliphatic carboxylic acids is 1. The van der Waals surface area contributed by atoms with Crippen molar-refractivity contribution >= 4 is 57.8 Å². The molecular formula is C12H8Cl3NO2. The number of rotatable bonds is 2. The van der Waals surface area contributed by atoms with Gasteiger partial charge in [0.1, 0.15) is 5.15 Å². The van der Waals surface area contributed by atoms with Gasteiger partial charge in [0.05, 0.1) is 10.5 Å². The first-order chi connectivity index (χ1) is 8.40. The molecule has 1 aromatic heterocycles. The number of aromatic nitrogens is 1. The number of halogens is 3. The topological polar surface area (TPSA) is 53.1 Å². The van der Waals surface area contributed by atoms with Crippen molar-refractivity contribution in [3.8, 4) is 0 Å². The minimum Gasteiger partial charge on any atom is -0.478 e. The first-order valence-corrected chi connectivity index (χ1v) is 6.11. The summed E-state index contributed by atoms with van der Waals surface area (Å²) in [6.07, 6.45) is 1.48. The van der Waals surface area contributed by atoms with Gasteiger partial charge in [0.2, 0.25) is 0 Å². The third-order valence-electron chi connectivity index (χ3n) is 2.50. The lowest BCUT2D eigenvalue weighted by atomic mass is 10.1. The fraction of sp³-hybridized carbons (Fsp3) is 0.0833. The molecule has 0 saturated carbocycles. The van der Waals surface area contributed by atoms with E-state index in [1.54, 1.807) is 12.1 Å². The summed E-state index contributed by atoms with van der Waals surface area (Å²) in [5, 5.41) is 10.8. The molecule has 2 rings (SSSR count). The molecule has 0 fully saturated rings. The SMILES string of the molecule is C/C(=C\c1c(Cl)[nH]c2cc(Cl)cc(Cl)c12)C(=O)O. The Labute approximate surface area is 118 Å². The van der Waals surface area contributed by atoms with E-state index < -0.39 is 5.97 Å². The predicted octanol–water partition coefficient (Wildman–Crippen LogP) is 4.62. The van der Waals surface area contributed by atoms with Crippen LogP contribution in [0.3, 0.4) is 0 Å². The zero-order valence-electron chi connectivity index (χ0n) is 9.22. The maximum atomic E-state index is 10.8. The van der Waals surface area contributed by atoms with Crippen LogP contribution in [0.1, 0.15) is 12.5 Å². The first-order valence-electron chi connectivity index (χ1n) is 4.98. The van der Waals surface area contributed by atoms with Crippen LogP contribution in [0.2, 0.25) is 15.2 Å². The van der Waals surface area contributed by atoms with Crippen LogP contribution in [-0.2, 0) is 4.79 Å². The molecule has 0 unspecified atom stereocenters. The molecule has 0 saturated heterocycles. The summed E-state index contributed by atoms with van der Waals surface area (Å²) in [6.45, 7) is 1.49. The summed E-state index contributed by atoms with van der Waals surface area (Å²) in [5.74, 6) is -1.01. The molecule has 0 spiro atoms. The van der Waals surface area contributed by atoms with E-state index >= 15 is 0 Å². The molecule has 18 heavy (non-hydrogen) atoms. The van der Waals surface area contributed by atoms with Crippen LogP contribution >= 0.6 is 34.8 Å². The highest BCUT2D eigenvalue weighted by atomic mass is 35.5. The summed E-state index contributed by atoms with van der Waals surface area (Å²) in [4.78, 5) is 13.7. The summed E-state index contributed by atoms with van der Waals surface area (Å²) < 4.78 is 0. The van der Waals surface area contributed by atoms with Crippen molar-refractivity contribution in [2.45, 2.75) is 6.92 Å². The number of fused-ring (bicyclic) bond motifs is 1. The minimum absolute atomic E-state index is 0.170. The third kappa shape index (κ3) is 2.34. The Morgan fingerprint density at radius 2 is 2.00 bits per heavy atom. The quantitative estimate of drug-likeness (QED) is 0.796. The Kier molecular flexibility index (Phi) is 3.57. The van der Waals surface area contributed by atoms with Crippen LogP contribution in [0.5, 0.6) is 0 Å². The number of hydrogen-bond donors (Lipinski definition) is 2. The fourth-order valence-corrected chi connectivity index (χ4v) is 2.50. The Morgan fingerprint density at radius 1 is 1.33 bits per heavy atom. The lowest BCUT2D eigenvalue weighted by Crippen LogP contribution is -1.95. The van der Waals surface area contributed by atoms with E-state index in [4.69, 9.17) is 39.9 Å². The Morgan fingerprint density at radius 3 is 2.61 bits per heavy atom. The second-order valence-corrected chi connectivity index (χ2v) is 5.02. The molecular weight excluding hydrogens is 296 g/mol. The number of hydrogen-bond acceptors (Lipinski definition) is 1. The summed E-state index contributed by atoms with van der Waals surface area (Å²) in [5.41, 5.74) is 1.39. The molecule has 1 heterocycles. The maximum Gasteiger partial charge on any atom is 0.331 e. The van der Waals surface area contributed by atoms with E-state index in [0.717, 1.165) is 0 Å². The first kappa shape index (κ1) is 13.3. The van der Waals surface area contributed by atoms with Gasteiger partial charge in [0.15, 0.2) is 0 Å². The summed E-state index contributed by atoms with van der Waals surface area (Å²) in [7, 11) is 0. The molecule has 6 heteroatoms. The van der Waals surface area contributed by atoms with Crippen molar-refractivity contribution in [2.75, 3.05) is 0 Å². The third-order valence-corrected chi connectivity index (χ3v) is 3.32. The molecule has 0 aliphatic heterocycles. The largest absolute Gasteiger partial charge is 0.478 e. The van der Waals surface area contributed by atoms with Crippen LogP contribution in [0.4, 0.5) is 0 Å². The van der Waals surface area contributed by atoms with E-state index in [9.17, 15) is 4.79 Å². The summed E-state index contributed by atoms with van der Waals surface area (Å²) in [6, 6.07) is 3.27. The van der Waals surface area contributed by atoms with Crippen molar-refractivity contribution in [3.05, 3.63) is 38.5 Å². The van der Waals surface area contributed by atoms with Crippen LogP contribution in [0.15, 0.2) is 17.7 Å². The molecule has 0 bridgehead atoms. The second-order valence-electron chi connectivity index (χ2n) is 3.80. The Bertz CT molecular complexity index is 674. The van der Waals surface area contributed by atoms with Gasteiger partial charge in [-0.15, -0.1) is 0 Å². The number of carbonyl (C=O) groups is 1. The monoisotopic (exact) mass is 303 g/mol. The average molecular weight is 305 g/mol. The van der Waals surface area contributed by atoms with Crippen LogP contribution in [0.25, 0.3) is 17.0 Å². The van der Waals surface area contributed by atoms with Gasteiger partial charge in [-0.2, -0.15) is 0 Å². The van der Waals surface area contributed by atoms with Crippen molar-refractivity contribution in [3.63, 3.8) is 0 Å². The lowest BCUT2D eigenvalue weighted by Gasteiger charge is -1.99. The number of aromatic amines is 1. The van der Waals surface area contributed by atoms with Gasteiger partial charge in [-0.1, -0.05) is 34.8 Å². The smallest absolute Gasteiger partial charge is 0.331 e. The van der Waals surface area contributed by atoms with Crippen LogP contribution in [0, 0.1) is 0 Å². The van der Waals surface area contributed by atoms with Gasteiger partial charge in [-0.3, -0.25) is 0 Å². The molecule has 3 nitrogen and oxygen atoms in total. The zero-order valence-corrected chi connectivity index (χ0v) is 11.5. The molecule has 2 aromatic rings. The molecule has 1 aromatic carbocycles. The predicted molar refractivity (Wildman–Crippen MR) is 74.6 cm³/mol. The second kappa shape index (κ2) is 4.84. The average Bonchev–Trinajstić information content (AvgIpc) is 2.54. The molecule has 94 valence electrons. The fourth-order valence-electron chi connectivity index (χ4n) is 1.66. The van der Waals surface area contributed by atoms with Crippen molar-refractivity contribution in [1.29, 1.82) is 0 Å². The molecule has 0 amide bonds. The van der Waals surface area contributed by atoms with E-state index in [0.29, 0.717) is 31.7 Å². The number of carboxylic acids is 1. The standard InChI is InChI=1S/C12H8Cl3NO2/c1-5(12(17)18)2-7-10-8(14)3-6(13)4-9(10)16-11(7)15/h2-4,16H,1H3,(H,17,18)/b5-2+. The van der Waals surface area contributed by atoms with Gasteiger partial charge in [-0.25, -0.2) is 4.79 Å². The number of nitrogens with one attached hydrogen (secondary N) is 1. The van der Waals surface area contributed by atoms with E-state index in [1.165, 1.54) is 13.0 Å². The highest BCUT2D eigenvalue weighted by Gasteiger charge is 2.13. The molecule has 0 aliphatic rings. The van der Waals surface area contributed by atoms with Gasteiger partial charge in [0.25, 0.3) is 0 Å². The molecule has 0 aliphatic carbocycles. The van der Waals surface area contributed by atoms with Crippen molar-refractivity contribution in [2.24, 2.45) is 0 Å². The molecule has 2 N–H and O–H groups in total. The van der Waals surface area contributed by atoms with Gasteiger partial charge in [-0.05, 0) is 25.1 Å². The van der Waals surface area contributed by atoms with Crippen LogP contribution in [-0.4, -0.2) is 16.1 Å². The van der Waals surface area contributed by atoms with Gasteiger partial charge in [0, 0.05) is 21.5 Å². The molecule has 0 atom stereocenters. The van der Waals surface area contributed by atoms with Gasteiger partial charge < -0.3 is 10.1 Å². The minimum atomic E-state index is -1.01. The number of benzene rings is 1. The van der Waals surface area contributed by atoms with Gasteiger partial charge >= 0.3 is 5.97 Å². The van der Waals surface area contributed by atoms with E-state index in [2.05, 4.69) is 4.98 Å². The van der Waals surface area contributed by atoms with E-state index in [-0.39, 0.29) is 5.57 Å². The highest BCUT2D eigenvalue weighted by molar-refractivity contribution is 6.40. The highest BCUT2D eigenvalue weighted by Crippen LogP contribution is 2.35. The summed E-state index contributed by atoms with van der Waals surface area (Å²) >= 11 is 18.0. The zero-order chi connectivity index (χ0) is 13.4. The maximum absolute atomic E-state index is 10.8.